The van der Waals surface area contributed by atoms with Gasteiger partial charge in [0.25, 0.3) is 0 Å². The van der Waals surface area contributed by atoms with Gasteiger partial charge in [-0.15, -0.1) is 0 Å². The number of hydrogen-bond acceptors (Lipinski definition) is 2. The van der Waals surface area contributed by atoms with Crippen LogP contribution in [0.4, 0.5) is 0 Å². The number of nitrogens with two attached hydrogens (primary N) is 1. The maximum absolute atomic E-state index is 10.2. The summed E-state index contributed by atoms with van der Waals surface area (Å²) in [4.78, 5) is 10.2. The molecule has 3 N–H and O–H groups in total. The zero-order chi connectivity index (χ0) is 9.23. The summed E-state index contributed by atoms with van der Waals surface area (Å²) in [7, 11) is 0. The van der Waals surface area contributed by atoms with Gasteiger partial charge >= 0.3 is 5.97 Å². The van der Waals surface area contributed by atoms with Gasteiger partial charge in [-0.3, -0.25) is 4.79 Å². The zero-order valence-corrected chi connectivity index (χ0v) is 4.59. The van der Waals surface area contributed by atoms with Crippen LogP contribution in [0.1, 0.15) is 17.9 Å². The van der Waals surface area contributed by atoms with Crippen molar-refractivity contribution in [3.63, 3.8) is 0 Å². The van der Waals surface area contributed by atoms with Crippen molar-refractivity contribution < 1.29 is 14.0 Å². The number of rotatable bonds is 2. The van der Waals surface area contributed by atoms with E-state index in [1.807, 2.05) is 0 Å². The Balaban J connectivity index is 4.25. The van der Waals surface area contributed by atoms with Crippen LogP contribution < -0.4 is 5.73 Å². The molecule has 0 saturated carbocycles. The summed E-state index contributed by atoms with van der Waals surface area (Å²) >= 11 is 0. The minimum atomic E-state index is -2.29. The summed E-state index contributed by atoms with van der Waals surface area (Å²) in [6.45, 7) is -0.996. The molecule has 0 spiro atoms. The highest BCUT2D eigenvalue weighted by Gasteiger charge is 2.14. The van der Waals surface area contributed by atoms with Crippen molar-refractivity contribution in [3.8, 4) is 0 Å². The maximum Gasteiger partial charge on any atom is 0.320 e. The van der Waals surface area contributed by atoms with Gasteiger partial charge < -0.3 is 10.8 Å². The average molecular weight is 121 g/mol. The molecule has 48 valence electrons. The molecular weight excluding hydrogens is 107 g/mol. The summed E-state index contributed by atoms with van der Waals surface area (Å²) in [5.74, 6) is -2.30. The molecule has 0 aromatic carbocycles. The number of carboxylic acid groups (broad SMARTS) is 1. The van der Waals surface area contributed by atoms with Crippen LogP contribution >= 0.6 is 0 Å². The first-order valence-corrected chi connectivity index (χ1v) is 2.25. The summed E-state index contributed by atoms with van der Waals surface area (Å²) < 4.78 is 20.6. The van der Waals surface area contributed by atoms with E-state index >= 15 is 0 Å². The minimum absolute atomic E-state index is 1.01. The normalized spacial score (nSPS) is 24.5. The van der Waals surface area contributed by atoms with E-state index in [1.54, 1.807) is 0 Å². The Morgan fingerprint density at radius 1 is 2.00 bits per heavy atom. The fourth-order valence-electron chi connectivity index (χ4n) is 0.214. The lowest BCUT2D eigenvalue weighted by molar-refractivity contribution is -0.139. The lowest BCUT2D eigenvalue weighted by atomic mass is 10.1. The maximum atomic E-state index is 10.2. The molecule has 0 rings (SSSR count). The van der Waals surface area contributed by atoms with Gasteiger partial charge in [0.15, 0.2) is 0 Å². The summed E-state index contributed by atoms with van der Waals surface area (Å²) in [5.41, 5.74) is 5.09. The highest BCUT2D eigenvalue weighted by Crippen LogP contribution is 1.96. The van der Waals surface area contributed by atoms with E-state index in [0.717, 1.165) is 0 Å². The van der Waals surface area contributed by atoms with Gasteiger partial charge in [-0.2, -0.15) is 0 Å². The van der Waals surface area contributed by atoms with Crippen LogP contribution in [0.3, 0.4) is 0 Å². The molecular formula is C5H11NO2. The molecule has 0 amide bonds. The van der Waals surface area contributed by atoms with Crippen LogP contribution in [0.15, 0.2) is 0 Å². The van der Waals surface area contributed by atoms with E-state index < -0.39 is 24.8 Å². The largest absolute Gasteiger partial charge is 0.480 e. The van der Waals surface area contributed by atoms with Crippen molar-refractivity contribution in [1.29, 1.82) is 0 Å². The van der Waals surface area contributed by atoms with Gasteiger partial charge in [-0.1, -0.05) is 13.8 Å². The summed E-state index contributed by atoms with van der Waals surface area (Å²) in [5, 5.41) is 8.34. The van der Waals surface area contributed by atoms with Crippen molar-refractivity contribution in [2.75, 3.05) is 0 Å². The monoisotopic (exact) mass is 121 g/mol. The van der Waals surface area contributed by atoms with Crippen LogP contribution in [-0.4, -0.2) is 17.1 Å². The Morgan fingerprint density at radius 3 is 2.62 bits per heavy atom. The quantitative estimate of drug-likeness (QED) is 0.507. The van der Waals surface area contributed by atoms with Gasteiger partial charge in [-0.25, -0.2) is 0 Å². The van der Waals surface area contributed by atoms with E-state index in [4.69, 9.17) is 15.0 Å². The third kappa shape index (κ3) is 1.93. The summed E-state index contributed by atoms with van der Waals surface area (Å²) in [6, 6.07) is -1.32. The van der Waals surface area contributed by atoms with Crippen molar-refractivity contribution in [2.24, 2.45) is 11.7 Å². The van der Waals surface area contributed by atoms with E-state index in [0.29, 0.717) is 0 Å². The first-order valence-electron chi connectivity index (χ1n) is 3.75. The predicted octanol–water partition coefficient (Wildman–Crippen LogP) is 0.0543. The Bertz CT molecular complexity index is 156. The van der Waals surface area contributed by atoms with Gasteiger partial charge in [0.1, 0.15) is 6.04 Å². The number of carbonyl (C=O) groups is 1. The molecule has 0 radical (unpaired) electrons. The van der Waals surface area contributed by atoms with Crippen molar-refractivity contribution in [2.45, 2.75) is 19.8 Å². The topological polar surface area (TPSA) is 63.3 Å². The SMILES string of the molecule is [2H]C([2H])([2H])[C@@H](C)[C@H]([15NH2])C(=O)O. The second kappa shape index (κ2) is 2.67. The molecule has 8 heavy (non-hydrogen) atoms. The molecule has 2 atom stereocenters. The first-order chi connectivity index (χ1) is 4.76. The van der Waals surface area contributed by atoms with Crippen molar-refractivity contribution >= 4 is 5.97 Å². The minimum Gasteiger partial charge on any atom is -0.480 e. The molecule has 0 aliphatic rings. The lowest BCUT2D eigenvalue weighted by Crippen LogP contribution is -2.34. The molecule has 3 heteroatoms. The fourth-order valence-corrected chi connectivity index (χ4v) is 0.214. The third-order valence-corrected chi connectivity index (χ3v) is 0.824. The summed E-state index contributed by atoms with van der Waals surface area (Å²) in [6.07, 6.45) is 0. The first kappa shape index (κ1) is 3.45. The third-order valence-electron chi connectivity index (χ3n) is 0.824. The van der Waals surface area contributed by atoms with Gasteiger partial charge in [-0.05, 0) is 5.92 Å². The smallest absolute Gasteiger partial charge is 0.320 e. The van der Waals surface area contributed by atoms with Crippen LogP contribution in [0.2, 0.25) is 0 Å². The predicted molar refractivity (Wildman–Crippen MR) is 30.4 cm³/mol. The fraction of sp³-hybridized carbons (Fsp3) is 0.800. The zero-order valence-electron chi connectivity index (χ0n) is 7.59. The van der Waals surface area contributed by atoms with Gasteiger partial charge in [0.2, 0.25) is 0 Å². The van der Waals surface area contributed by atoms with E-state index in [1.165, 1.54) is 6.92 Å². The second-order valence-electron chi connectivity index (χ2n) is 1.65. The molecule has 0 aliphatic heterocycles. The van der Waals surface area contributed by atoms with E-state index in [9.17, 15) is 4.79 Å². The van der Waals surface area contributed by atoms with Crippen molar-refractivity contribution in [1.82, 2.24) is 0 Å². The Morgan fingerprint density at radius 2 is 2.50 bits per heavy atom. The van der Waals surface area contributed by atoms with Crippen LogP contribution in [0.5, 0.6) is 0 Å². The Labute approximate surface area is 52.7 Å². The van der Waals surface area contributed by atoms with E-state index in [2.05, 4.69) is 0 Å². The molecule has 0 fully saturated rings. The van der Waals surface area contributed by atoms with Crippen LogP contribution in [0.25, 0.3) is 0 Å². The van der Waals surface area contributed by atoms with Gasteiger partial charge in [0.05, 0.1) is 0 Å². The molecule has 0 aromatic rings. The Hall–Kier alpha value is -0.570. The molecule has 0 aliphatic carbocycles. The number of hydrogen-bond donors (Lipinski definition) is 2. The van der Waals surface area contributed by atoms with Gasteiger partial charge in [0, 0.05) is 4.11 Å². The molecule has 0 bridgehead atoms. The van der Waals surface area contributed by atoms with Crippen LogP contribution in [-0.2, 0) is 4.79 Å². The number of aliphatic carboxylic acids is 1. The molecule has 0 heterocycles. The molecule has 0 saturated heterocycles. The van der Waals surface area contributed by atoms with Crippen LogP contribution in [0, 0.1) is 5.92 Å². The number of carboxylic acids is 1. The second-order valence-corrected chi connectivity index (χ2v) is 1.65. The standard InChI is InChI=1S/C5H11NO2/c1-3(2)4(6)5(7)8/h3-4H,6H2,1-2H3,(H,7,8)/t4-/m0/s1/i1D3,6+1/t3-,4-. The molecule has 0 aromatic heterocycles. The molecule has 3 nitrogen and oxygen atoms in total. The lowest BCUT2D eigenvalue weighted by Gasteiger charge is -2.07. The van der Waals surface area contributed by atoms with Crippen molar-refractivity contribution in [3.05, 3.63) is 0 Å². The van der Waals surface area contributed by atoms with E-state index in [-0.39, 0.29) is 0 Å². The molecule has 0 unspecified atom stereocenters. The highest BCUT2D eigenvalue weighted by atomic mass is 16.4. The average Bonchev–Trinajstić information content (AvgIpc) is 1.82. The Kier molecular flexibility index (Phi) is 1.15. The highest BCUT2D eigenvalue weighted by molar-refractivity contribution is 5.73.